The van der Waals surface area contributed by atoms with Crippen molar-refractivity contribution in [1.29, 1.82) is 1.43 Å². The molecule has 0 bridgehead atoms. The summed E-state index contributed by atoms with van der Waals surface area (Å²) < 4.78 is 19.7. The molecular formula is C30H40N2O6Si. The highest BCUT2D eigenvalue weighted by atomic mass is 28.4. The van der Waals surface area contributed by atoms with Crippen LogP contribution in [0.2, 0.25) is 5.04 Å². The SMILES string of the molecule is [2H]OCc1cc(OCCCN(CCO)CCO[Si](c2ccccc2)(c2ccccc2)C(C)(C)C)ccc1[N+](=O)[O-]. The largest absolute Gasteiger partial charge is 0.494 e. The molecule has 0 saturated carbocycles. The molecule has 0 amide bonds. The van der Waals surface area contributed by atoms with Crippen LogP contribution in [0.4, 0.5) is 5.69 Å². The molecule has 0 atom stereocenters. The molecule has 0 aliphatic rings. The highest BCUT2D eigenvalue weighted by Gasteiger charge is 2.50. The molecule has 39 heavy (non-hydrogen) atoms. The van der Waals surface area contributed by atoms with Gasteiger partial charge in [0.1, 0.15) is 5.75 Å². The molecule has 2 N–H and O–H groups in total. The van der Waals surface area contributed by atoms with Crippen molar-refractivity contribution in [1.82, 2.24) is 4.90 Å². The van der Waals surface area contributed by atoms with Gasteiger partial charge in [0.2, 0.25) is 1.43 Å². The van der Waals surface area contributed by atoms with E-state index in [1.54, 1.807) is 6.07 Å². The summed E-state index contributed by atoms with van der Waals surface area (Å²) in [5.74, 6) is 0.487. The Labute approximate surface area is 233 Å². The number of hydrogen-bond acceptors (Lipinski definition) is 7. The van der Waals surface area contributed by atoms with Crippen LogP contribution in [0, 0.1) is 10.1 Å². The number of aliphatic hydroxyl groups is 2. The zero-order chi connectivity index (χ0) is 29.0. The van der Waals surface area contributed by atoms with Crippen molar-refractivity contribution >= 4 is 24.4 Å². The first-order valence-electron chi connectivity index (χ1n) is 13.7. The first kappa shape index (κ1) is 28.9. The highest BCUT2D eigenvalue weighted by Crippen LogP contribution is 2.36. The number of ether oxygens (including phenoxy) is 1. The van der Waals surface area contributed by atoms with Gasteiger partial charge in [-0.05, 0) is 34.0 Å². The summed E-state index contributed by atoms with van der Waals surface area (Å²) in [5, 5.41) is 27.6. The van der Waals surface area contributed by atoms with E-state index >= 15 is 0 Å². The van der Waals surface area contributed by atoms with E-state index in [9.17, 15) is 15.2 Å². The molecule has 3 rings (SSSR count). The molecule has 0 aliphatic carbocycles. The fourth-order valence-electron chi connectivity index (χ4n) is 4.99. The minimum atomic E-state index is -2.63. The molecule has 0 heterocycles. The highest BCUT2D eigenvalue weighted by molar-refractivity contribution is 6.99. The Kier molecular flexibility index (Phi) is 10.6. The first-order valence-corrected chi connectivity index (χ1v) is 15.2. The van der Waals surface area contributed by atoms with Crippen LogP contribution in [0.5, 0.6) is 5.75 Å². The van der Waals surface area contributed by atoms with E-state index in [-0.39, 0.29) is 23.9 Å². The third-order valence-electron chi connectivity index (χ3n) is 6.85. The van der Waals surface area contributed by atoms with Crippen molar-refractivity contribution in [3.63, 3.8) is 0 Å². The average molecular weight is 554 g/mol. The van der Waals surface area contributed by atoms with Gasteiger partial charge in [-0.25, -0.2) is 0 Å². The maximum absolute atomic E-state index is 11.2. The normalized spacial score (nSPS) is 12.4. The van der Waals surface area contributed by atoms with Gasteiger partial charge in [0.25, 0.3) is 14.0 Å². The van der Waals surface area contributed by atoms with Crippen LogP contribution >= 0.6 is 0 Å². The predicted molar refractivity (Wildman–Crippen MR) is 156 cm³/mol. The van der Waals surface area contributed by atoms with Gasteiger partial charge in [0, 0.05) is 32.3 Å². The van der Waals surface area contributed by atoms with E-state index in [2.05, 4.69) is 79.3 Å². The summed E-state index contributed by atoms with van der Waals surface area (Å²) in [6.07, 6.45) is 0.695. The van der Waals surface area contributed by atoms with Gasteiger partial charge in [-0.2, -0.15) is 0 Å². The van der Waals surface area contributed by atoms with Crippen LogP contribution in [-0.4, -0.2) is 69.2 Å². The van der Waals surface area contributed by atoms with Crippen molar-refractivity contribution in [3.05, 3.63) is 94.5 Å². The molecule has 0 aromatic heterocycles. The van der Waals surface area contributed by atoms with Crippen LogP contribution in [0.1, 0.15) is 32.8 Å². The summed E-state index contributed by atoms with van der Waals surface area (Å²) in [5.41, 5.74) is 0.189. The molecule has 0 radical (unpaired) electrons. The summed E-state index contributed by atoms with van der Waals surface area (Å²) in [7, 11) is -2.63. The number of nitrogens with zero attached hydrogens (tertiary/aromatic N) is 2. The number of hydrogen-bond donors (Lipinski definition) is 2. The number of benzene rings is 3. The van der Waals surface area contributed by atoms with E-state index in [0.29, 0.717) is 50.6 Å². The van der Waals surface area contributed by atoms with Crippen molar-refractivity contribution in [2.24, 2.45) is 0 Å². The Hall–Kier alpha value is -3.08. The van der Waals surface area contributed by atoms with Crippen LogP contribution in [0.3, 0.4) is 0 Å². The Morgan fingerprint density at radius 1 is 0.949 bits per heavy atom. The molecular weight excluding hydrogens is 512 g/mol. The zero-order valence-electron chi connectivity index (χ0n) is 24.0. The van der Waals surface area contributed by atoms with Gasteiger partial charge < -0.3 is 19.4 Å². The average Bonchev–Trinajstić information content (AvgIpc) is 2.94. The van der Waals surface area contributed by atoms with Crippen molar-refractivity contribution in [3.8, 4) is 5.75 Å². The second-order valence-corrected chi connectivity index (χ2v) is 14.8. The van der Waals surface area contributed by atoms with Crippen molar-refractivity contribution in [2.75, 3.05) is 39.5 Å². The van der Waals surface area contributed by atoms with Crippen molar-refractivity contribution < 1.29 is 24.3 Å². The monoisotopic (exact) mass is 553 g/mol. The molecule has 0 saturated heterocycles. The van der Waals surface area contributed by atoms with Gasteiger partial charge in [0.05, 0.1) is 30.3 Å². The lowest BCUT2D eigenvalue weighted by atomic mass is 10.2. The molecule has 3 aromatic carbocycles. The van der Waals surface area contributed by atoms with Crippen LogP contribution in [-0.2, 0) is 11.0 Å². The zero-order valence-corrected chi connectivity index (χ0v) is 24.0. The molecule has 3 aromatic rings. The van der Waals surface area contributed by atoms with Gasteiger partial charge in [-0.1, -0.05) is 81.4 Å². The lowest BCUT2D eigenvalue weighted by Crippen LogP contribution is -2.67. The van der Waals surface area contributed by atoms with E-state index in [1.165, 1.54) is 22.5 Å². The topological polar surface area (TPSA) is 105 Å². The van der Waals surface area contributed by atoms with Crippen LogP contribution in [0.15, 0.2) is 78.9 Å². The van der Waals surface area contributed by atoms with E-state index in [4.69, 9.17) is 10.6 Å². The maximum Gasteiger partial charge on any atom is 0.275 e. The summed E-state index contributed by atoms with van der Waals surface area (Å²) in [6.45, 7) is 9.40. The van der Waals surface area contributed by atoms with Gasteiger partial charge >= 0.3 is 0 Å². The number of aliphatic hydroxyl groups excluding tert-OH is 2. The summed E-state index contributed by atoms with van der Waals surface area (Å²) in [6, 6.07) is 25.5. The Morgan fingerprint density at radius 2 is 1.59 bits per heavy atom. The third-order valence-corrected chi connectivity index (χ3v) is 11.9. The minimum Gasteiger partial charge on any atom is -0.494 e. The number of nitro benzene ring substituents is 1. The standard InChI is InChI=1S/C30H40N2O6Si/c1-30(2,3)39(27-11-6-4-7-12-27,28-13-8-5-9-14-28)38-22-19-31(18-20-33)17-10-21-37-26-15-16-29(32(35)36)25(23-26)24-34/h4-9,11-16,23,33-34H,10,17-22,24H2,1-3H3/i34D. The minimum absolute atomic E-state index is 0.0406. The maximum atomic E-state index is 11.2. The Bertz CT molecular complexity index is 1150. The fourth-order valence-corrected chi connectivity index (χ4v) is 9.54. The molecule has 210 valence electrons. The van der Waals surface area contributed by atoms with E-state index < -0.39 is 13.2 Å². The molecule has 0 spiro atoms. The van der Waals surface area contributed by atoms with E-state index in [0.717, 1.165) is 0 Å². The second kappa shape index (κ2) is 14.3. The van der Waals surface area contributed by atoms with Crippen LogP contribution in [0.25, 0.3) is 0 Å². The molecule has 0 fully saturated rings. The first-order chi connectivity index (χ1) is 19.2. The van der Waals surface area contributed by atoms with Gasteiger partial charge in [-0.3, -0.25) is 15.0 Å². The lowest BCUT2D eigenvalue weighted by Gasteiger charge is -2.43. The summed E-state index contributed by atoms with van der Waals surface area (Å²) >= 11 is 0. The van der Waals surface area contributed by atoms with Crippen molar-refractivity contribution in [2.45, 2.75) is 38.8 Å². The smallest absolute Gasteiger partial charge is 0.275 e. The number of rotatable bonds is 16. The van der Waals surface area contributed by atoms with E-state index in [1.807, 2.05) is 12.1 Å². The molecule has 8 nitrogen and oxygen atoms in total. The number of nitro groups is 1. The Balaban J connectivity index is 1.65. The van der Waals surface area contributed by atoms with Gasteiger partial charge in [0.15, 0.2) is 0 Å². The predicted octanol–water partition coefficient (Wildman–Crippen LogP) is 3.73. The molecule has 0 unspecified atom stereocenters. The summed E-state index contributed by atoms with van der Waals surface area (Å²) in [4.78, 5) is 12.8. The third kappa shape index (κ3) is 7.74. The molecule has 9 heteroatoms. The second-order valence-electron chi connectivity index (χ2n) is 10.5. The van der Waals surface area contributed by atoms with Crippen LogP contribution < -0.4 is 15.1 Å². The molecule has 0 aliphatic heterocycles. The lowest BCUT2D eigenvalue weighted by molar-refractivity contribution is -0.385. The van der Waals surface area contributed by atoms with Gasteiger partial charge in [-0.15, -0.1) is 0 Å². The fraction of sp³-hybridized carbons (Fsp3) is 0.400. The Morgan fingerprint density at radius 3 is 2.13 bits per heavy atom. The quantitative estimate of drug-likeness (QED) is 0.121.